The van der Waals surface area contributed by atoms with Crippen LogP contribution in [0.1, 0.15) is 17.5 Å². The lowest BCUT2D eigenvalue weighted by atomic mass is 10.1. The fraction of sp³-hybridized carbons (Fsp3) is 0.440. The normalized spacial score (nSPS) is 11.2. The highest BCUT2D eigenvalue weighted by Gasteiger charge is 2.04. The Balaban J connectivity index is 1.60. The molecular weight excluding hydrogens is 404 g/mol. The van der Waals surface area contributed by atoms with Crippen molar-refractivity contribution in [1.29, 1.82) is 0 Å². The molecule has 0 saturated heterocycles. The van der Waals surface area contributed by atoms with Crippen molar-refractivity contribution < 1.29 is 14.3 Å². The van der Waals surface area contributed by atoms with E-state index < -0.39 is 0 Å². The van der Waals surface area contributed by atoms with Gasteiger partial charge in [-0.3, -0.25) is 4.79 Å². The lowest BCUT2D eigenvalue weighted by molar-refractivity contribution is -0.127. The Kier molecular flexibility index (Phi) is 12.6. The minimum atomic E-state index is -0.0343. The number of benzene rings is 2. The summed E-state index contributed by atoms with van der Waals surface area (Å²) in [5.41, 5.74) is 2.42. The lowest BCUT2D eigenvalue weighted by Crippen LogP contribution is -2.40. The van der Waals surface area contributed by atoms with Gasteiger partial charge in [0.2, 0.25) is 5.91 Å². The maximum atomic E-state index is 11.9. The Hall–Kier alpha value is -2.90. The summed E-state index contributed by atoms with van der Waals surface area (Å²) >= 11 is 0. The van der Waals surface area contributed by atoms with Crippen molar-refractivity contribution in [2.45, 2.75) is 19.4 Å². The van der Waals surface area contributed by atoms with Gasteiger partial charge in [0, 0.05) is 33.8 Å². The third-order valence-electron chi connectivity index (χ3n) is 4.66. The van der Waals surface area contributed by atoms with Gasteiger partial charge in [0.25, 0.3) is 0 Å². The highest BCUT2D eigenvalue weighted by Crippen LogP contribution is 2.00. The van der Waals surface area contributed by atoms with Crippen molar-refractivity contribution >= 4 is 11.9 Å². The molecule has 174 valence electrons. The first kappa shape index (κ1) is 25.4. The Bertz CT molecular complexity index is 782. The molecule has 0 unspecified atom stereocenters. The molecule has 2 N–H and O–H groups in total. The summed E-state index contributed by atoms with van der Waals surface area (Å²) < 4.78 is 11.2. The zero-order valence-corrected chi connectivity index (χ0v) is 19.3. The van der Waals surface area contributed by atoms with Gasteiger partial charge in [-0.05, 0) is 24.0 Å². The number of guanidine groups is 1. The van der Waals surface area contributed by atoms with E-state index in [0.717, 1.165) is 24.9 Å². The Morgan fingerprint density at radius 1 is 0.844 bits per heavy atom. The quantitative estimate of drug-likeness (QED) is 0.268. The molecule has 7 heteroatoms. The van der Waals surface area contributed by atoms with Crippen LogP contribution in [-0.4, -0.2) is 70.3 Å². The van der Waals surface area contributed by atoms with E-state index in [9.17, 15) is 4.79 Å². The molecule has 2 aromatic carbocycles. The molecule has 0 spiro atoms. The van der Waals surface area contributed by atoms with Gasteiger partial charge >= 0.3 is 0 Å². The largest absolute Gasteiger partial charge is 0.379 e. The molecule has 2 aromatic rings. The third kappa shape index (κ3) is 11.5. The number of hydrogen-bond acceptors (Lipinski definition) is 4. The molecule has 0 aliphatic heterocycles. The Morgan fingerprint density at radius 2 is 1.47 bits per heavy atom. The van der Waals surface area contributed by atoms with E-state index in [1.165, 1.54) is 5.56 Å². The first-order chi connectivity index (χ1) is 15.6. The van der Waals surface area contributed by atoms with Crippen LogP contribution in [0.2, 0.25) is 0 Å². The molecule has 0 radical (unpaired) electrons. The van der Waals surface area contributed by atoms with Crippen molar-refractivity contribution in [3.63, 3.8) is 0 Å². The minimum absolute atomic E-state index is 0.0343. The number of hydrogen-bond donors (Lipinski definition) is 2. The second kappa shape index (κ2) is 15.8. The summed E-state index contributed by atoms with van der Waals surface area (Å²) in [6.45, 7) is 3.94. The number of ether oxygens (including phenoxy) is 2. The summed E-state index contributed by atoms with van der Waals surface area (Å²) in [5, 5.41) is 6.58. The first-order valence-corrected chi connectivity index (χ1v) is 11.1. The summed E-state index contributed by atoms with van der Waals surface area (Å²) in [7, 11) is 3.46. The zero-order chi connectivity index (χ0) is 22.9. The Labute approximate surface area is 191 Å². The van der Waals surface area contributed by atoms with Gasteiger partial charge in [-0.15, -0.1) is 0 Å². The van der Waals surface area contributed by atoms with E-state index >= 15 is 0 Å². The minimum Gasteiger partial charge on any atom is -0.379 e. The molecule has 0 bridgehead atoms. The average Bonchev–Trinajstić information content (AvgIpc) is 2.82. The van der Waals surface area contributed by atoms with Crippen LogP contribution < -0.4 is 10.6 Å². The van der Waals surface area contributed by atoms with Crippen LogP contribution in [0.3, 0.4) is 0 Å². The van der Waals surface area contributed by atoms with Crippen LogP contribution in [0.25, 0.3) is 0 Å². The van der Waals surface area contributed by atoms with E-state index in [1.54, 1.807) is 19.0 Å². The molecule has 32 heavy (non-hydrogen) atoms. The second-order valence-corrected chi connectivity index (χ2v) is 7.55. The smallest absolute Gasteiger partial charge is 0.243 e. The van der Waals surface area contributed by atoms with Gasteiger partial charge in [0.1, 0.15) is 6.54 Å². The molecule has 7 nitrogen and oxygen atoms in total. The summed E-state index contributed by atoms with van der Waals surface area (Å²) in [4.78, 5) is 17.8. The molecule has 1 amide bonds. The van der Waals surface area contributed by atoms with Crippen LogP contribution in [0, 0.1) is 0 Å². The predicted octanol–water partition coefficient (Wildman–Crippen LogP) is 2.48. The lowest BCUT2D eigenvalue weighted by Gasteiger charge is -2.14. The number of nitrogens with one attached hydrogen (secondary N) is 2. The number of carbonyl (C=O) groups excluding carboxylic acids is 1. The van der Waals surface area contributed by atoms with Crippen LogP contribution in [0.15, 0.2) is 65.7 Å². The highest BCUT2D eigenvalue weighted by molar-refractivity contribution is 5.84. The number of amides is 1. The fourth-order valence-corrected chi connectivity index (χ4v) is 2.80. The van der Waals surface area contributed by atoms with Gasteiger partial charge in [-0.25, -0.2) is 4.99 Å². The summed E-state index contributed by atoms with van der Waals surface area (Å²) in [6, 6.07) is 20.4. The number of carbonyl (C=O) groups is 1. The van der Waals surface area contributed by atoms with Crippen LogP contribution in [0.5, 0.6) is 0 Å². The van der Waals surface area contributed by atoms with Crippen molar-refractivity contribution in [2.75, 3.05) is 53.6 Å². The van der Waals surface area contributed by atoms with Crippen molar-refractivity contribution in [3.05, 3.63) is 71.8 Å². The SMILES string of the molecule is CN(C)C(=O)CN=C(NCCCOCCOCc1ccccc1)NCCc1ccccc1. The van der Waals surface area contributed by atoms with Gasteiger partial charge in [0.05, 0.1) is 19.8 Å². The first-order valence-electron chi connectivity index (χ1n) is 11.1. The number of nitrogens with zero attached hydrogens (tertiary/aromatic N) is 2. The van der Waals surface area contributed by atoms with E-state index in [4.69, 9.17) is 9.47 Å². The molecule has 0 fully saturated rings. The Morgan fingerprint density at radius 3 is 2.16 bits per heavy atom. The van der Waals surface area contributed by atoms with E-state index in [2.05, 4.69) is 27.8 Å². The average molecular weight is 441 g/mol. The zero-order valence-electron chi connectivity index (χ0n) is 19.3. The fourth-order valence-electron chi connectivity index (χ4n) is 2.80. The van der Waals surface area contributed by atoms with Gasteiger partial charge in [-0.2, -0.15) is 0 Å². The monoisotopic (exact) mass is 440 g/mol. The topological polar surface area (TPSA) is 75.2 Å². The molecule has 0 aliphatic carbocycles. The second-order valence-electron chi connectivity index (χ2n) is 7.55. The van der Waals surface area contributed by atoms with Gasteiger partial charge in [-0.1, -0.05) is 60.7 Å². The van der Waals surface area contributed by atoms with Crippen molar-refractivity contribution in [2.24, 2.45) is 4.99 Å². The number of likely N-dealkylation sites (N-methyl/N-ethyl adjacent to an activating group) is 1. The maximum absolute atomic E-state index is 11.9. The molecule has 0 heterocycles. The van der Waals surface area contributed by atoms with Gasteiger partial charge < -0.3 is 25.0 Å². The number of rotatable bonds is 14. The van der Waals surface area contributed by atoms with Crippen molar-refractivity contribution in [3.8, 4) is 0 Å². The molecule has 0 aromatic heterocycles. The van der Waals surface area contributed by atoms with E-state index in [-0.39, 0.29) is 12.5 Å². The predicted molar refractivity (Wildman–Crippen MR) is 129 cm³/mol. The standard InChI is InChI=1S/C25H36N4O3/c1-29(2)24(30)20-28-25(27-16-14-22-10-5-3-6-11-22)26-15-9-17-31-18-19-32-21-23-12-7-4-8-13-23/h3-8,10-13H,9,14-21H2,1-2H3,(H2,26,27,28). The molecule has 2 rings (SSSR count). The van der Waals surface area contributed by atoms with Crippen LogP contribution in [-0.2, 0) is 27.3 Å². The van der Waals surface area contributed by atoms with Crippen LogP contribution >= 0.6 is 0 Å². The molecular formula is C25H36N4O3. The van der Waals surface area contributed by atoms with Gasteiger partial charge in [0.15, 0.2) is 5.96 Å². The van der Waals surface area contributed by atoms with E-state index in [1.807, 2.05) is 48.5 Å². The van der Waals surface area contributed by atoms with Crippen molar-refractivity contribution in [1.82, 2.24) is 15.5 Å². The summed E-state index contributed by atoms with van der Waals surface area (Å²) in [5.74, 6) is 0.607. The third-order valence-corrected chi connectivity index (χ3v) is 4.66. The maximum Gasteiger partial charge on any atom is 0.243 e. The molecule has 0 aliphatic rings. The number of aliphatic imine (C=N–C) groups is 1. The highest BCUT2D eigenvalue weighted by atomic mass is 16.5. The molecule has 0 atom stereocenters. The van der Waals surface area contributed by atoms with E-state index in [0.29, 0.717) is 38.9 Å². The molecule has 0 saturated carbocycles. The van der Waals surface area contributed by atoms with Crippen LogP contribution in [0.4, 0.5) is 0 Å². The summed E-state index contributed by atoms with van der Waals surface area (Å²) in [6.07, 6.45) is 1.72.